The number of ether oxygens (including phenoxy) is 2. The topological polar surface area (TPSA) is 111 Å². The van der Waals surface area contributed by atoms with Crippen LogP contribution in [0.3, 0.4) is 0 Å². The van der Waals surface area contributed by atoms with Crippen LogP contribution in [0.5, 0.6) is 11.6 Å². The summed E-state index contributed by atoms with van der Waals surface area (Å²) in [6.45, 7) is 6.48. The second-order valence-corrected chi connectivity index (χ2v) is 8.79. The van der Waals surface area contributed by atoms with Gasteiger partial charge in [-0.2, -0.15) is 4.98 Å². The van der Waals surface area contributed by atoms with Crippen LogP contribution in [0, 0.1) is 12.7 Å². The minimum Gasteiger partial charge on any atom is -0.496 e. The molecule has 0 radical (unpaired) electrons. The molecule has 0 spiro atoms. The number of aromatic carboxylic acids is 1. The SMILES string of the molecule is COc1ccc(F)c2c1cc(C)n2CCNc1cc(-c2nc(OC(C)C)c(C(=O)O)s2)ncn1. The van der Waals surface area contributed by atoms with Gasteiger partial charge in [-0.3, -0.25) is 0 Å². The van der Waals surface area contributed by atoms with Crippen molar-refractivity contribution in [2.75, 3.05) is 19.0 Å². The van der Waals surface area contributed by atoms with Crippen LogP contribution in [0.2, 0.25) is 0 Å². The average Bonchev–Trinajstić information content (AvgIpc) is 3.36. The number of hydrogen-bond donors (Lipinski definition) is 2. The highest BCUT2D eigenvalue weighted by atomic mass is 32.1. The molecule has 0 saturated carbocycles. The number of aromatic nitrogens is 4. The number of aryl methyl sites for hydroxylation is 1. The molecule has 0 aliphatic carbocycles. The van der Waals surface area contributed by atoms with Gasteiger partial charge in [0.05, 0.1) is 18.7 Å². The fourth-order valence-corrected chi connectivity index (χ4v) is 4.43. The van der Waals surface area contributed by atoms with E-state index in [0.717, 1.165) is 22.4 Å². The summed E-state index contributed by atoms with van der Waals surface area (Å²) in [6.07, 6.45) is 1.16. The first kappa shape index (κ1) is 23.4. The van der Waals surface area contributed by atoms with Crippen molar-refractivity contribution in [3.05, 3.63) is 47.0 Å². The third-order valence-electron chi connectivity index (χ3n) is 5.06. The van der Waals surface area contributed by atoms with Gasteiger partial charge in [-0.1, -0.05) is 0 Å². The van der Waals surface area contributed by atoms with E-state index in [1.807, 2.05) is 17.6 Å². The number of nitrogens with one attached hydrogen (secondary N) is 1. The molecular weight excluding hydrogens is 461 g/mol. The van der Waals surface area contributed by atoms with Crippen LogP contribution in [0.15, 0.2) is 30.6 Å². The van der Waals surface area contributed by atoms with E-state index in [0.29, 0.717) is 40.9 Å². The number of halogens is 1. The van der Waals surface area contributed by atoms with E-state index in [2.05, 4.69) is 20.3 Å². The second kappa shape index (κ2) is 9.64. The summed E-state index contributed by atoms with van der Waals surface area (Å²) in [6, 6.07) is 6.61. The summed E-state index contributed by atoms with van der Waals surface area (Å²) < 4.78 is 27.3. The van der Waals surface area contributed by atoms with Crippen molar-refractivity contribution in [3.8, 4) is 22.3 Å². The summed E-state index contributed by atoms with van der Waals surface area (Å²) in [5.41, 5.74) is 1.87. The average molecular weight is 486 g/mol. The van der Waals surface area contributed by atoms with E-state index >= 15 is 0 Å². The zero-order valence-electron chi connectivity index (χ0n) is 19.1. The lowest BCUT2D eigenvalue weighted by Gasteiger charge is -2.11. The van der Waals surface area contributed by atoms with E-state index in [1.54, 1.807) is 33.1 Å². The van der Waals surface area contributed by atoms with Gasteiger partial charge in [0.1, 0.15) is 34.4 Å². The zero-order chi connectivity index (χ0) is 24.4. The number of carbonyl (C=O) groups is 1. The molecule has 11 heteroatoms. The van der Waals surface area contributed by atoms with Gasteiger partial charge in [0.15, 0.2) is 4.88 Å². The van der Waals surface area contributed by atoms with Crippen LogP contribution < -0.4 is 14.8 Å². The smallest absolute Gasteiger partial charge is 0.351 e. The van der Waals surface area contributed by atoms with Crippen LogP contribution in [0.1, 0.15) is 29.2 Å². The molecule has 4 aromatic rings. The van der Waals surface area contributed by atoms with Gasteiger partial charge in [0.25, 0.3) is 0 Å². The maximum atomic E-state index is 14.6. The highest BCUT2D eigenvalue weighted by Crippen LogP contribution is 2.33. The Bertz CT molecular complexity index is 1350. The number of fused-ring (bicyclic) bond motifs is 1. The first-order chi connectivity index (χ1) is 16.3. The van der Waals surface area contributed by atoms with Gasteiger partial charge in [-0.15, -0.1) is 11.3 Å². The predicted octanol–water partition coefficient (Wildman–Crippen LogP) is 4.61. The minimum atomic E-state index is -1.11. The second-order valence-electron chi connectivity index (χ2n) is 7.79. The van der Waals surface area contributed by atoms with Crippen LogP contribution in [-0.4, -0.2) is 50.4 Å². The molecule has 0 aliphatic rings. The Hall–Kier alpha value is -3.73. The van der Waals surface area contributed by atoms with E-state index in [-0.39, 0.29) is 22.7 Å². The molecule has 0 aliphatic heterocycles. The number of anilines is 1. The predicted molar refractivity (Wildman–Crippen MR) is 128 cm³/mol. The van der Waals surface area contributed by atoms with Crippen LogP contribution in [0.25, 0.3) is 21.6 Å². The molecule has 1 aromatic carbocycles. The first-order valence-electron chi connectivity index (χ1n) is 10.6. The van der Waals surface area contributed by atoms with Crippen molar-refractivity contribution in [3.63, 3.8) is 0 Å². The number of thiazole rings is 1. The fourth-order valence-electron chi connectivity index (χ4n) is 3.63. The number of nitrogens with zero attached hydrogens (tertiary/aromatic N) is 4. The Labute approximate surface area is 199 Å². The molecule has 0 bridgehead atoms. The number of carboxylic acids is 1. The molecule has 4 rings (SSSR count). The van der Waals surface area contributed by atoms with Crippen LogP contribution >= 0.6 is 11.3 Å². The maximum absolute atomic E-state index is 14.6. The largest absolute Gasteiger partial charge is 0.496 e. The molecule has 0 amide bonds. The molecule has 0 atom stereocenters. The summed E-state index contributed by atoms with van der Waals surface area (Å²) in [5.74, 6) is -0.189. The summed E-state index contributed by atoms with van der Waals surface area (Å²) >= 11 is 0.990. The highest BCUT2D eigenvalue weighted by Gasteiger charge is 2.21. The van der Waals surface area contributed by atoms with Gasteiger partial charge < -0.3 is 24.5 Å². The van der Waals surface area contributed by atoms with Crippen LogP contribution in [0.4, 0.5) is 10.2 Å². The summed E-state index contributed by atoms with van der Waals surface area (Å²) in [5, 5.41) is 13.8. The highest BCUT2D eigenvalue weighted by molar-refractivity contribution is 7.17. The van der Waals surface area contributed by atoms with Gasteiger partial charge in [0.2, 0.25) is 5.88 Å². The molecule has 178 valence electrons. The van der Waals surface area contributed by atoms with Gasteiger partial charge in [-0.05, 0) is 39.0 Å². The van der Waals surface area contributed by atoms with E-state index < -0.39 is 5.97 Å². The molecule has 2 N–H and O–H groups in total. The number of rotatable bonds is 9. The van der Waals surface area contributed by atoms with Gasteiger partial charge in [-0.25, -0.2) is 19.2 Å². The molecular formula is C23H24FN5O4S. The monoisotopic (exact) mass is 485 g/mol. The lowest BCUT2D eigenvalue weighted by atomic mass is 10.2. The number of benzene rings is 1. The van der Waals surface area contributed by atoms with Crippen molar-refractivity contribution in [1.29, 1.82) is 0 Å². The van der Waals surface area contributed by atoms with Crippen molar-refractivity contribution in [2.24, 2.45) is 0 Å². The molecule has 0 unspecified atom stereocenters. The minimum absolute atomic E-state index is 0.0178. The number of hydrogen-bond acceptors (Lipinski definition) is 8. The van der Waals surface area contributed by atoms with Gasteiger partial charge in [0, 0.05) is 30.2 Å². The number of carboxylic acid groups (broad SMARTS) is 1. The maximum Gasteiger partial charge on any atom is 0.351 e. The zero-order valence-corrected chi connectivity index (χ0v) is 19.9. The Morgan fingerprint density at radius 2 is 2.09 bits per heavy atom. The molecule has 0 fully saturated rings. The van der Waals surface area contributed by atoms with Crippen molar-refractivity contribution >= 4 is 34.0 Å². The van der Waals surface area contributed by atoms with E-state index in [4.69, 9.17) is 9.47 Å². The number of methoxy groups -OCH3 is 1. The first-order valence-corrected chi connectivity index (χ1v) is 11.4. The van der Waals surface area contributed by atoms with E-state index in [9.17, 15) is 14.3 Å². The lowest BCUT2D eigenvalue weighted by molar-refractivity contribution is 0.0695. The Morgan fingerprint density at radius 3 is 2.79 bits per heavy atom. The Balaban J connectivity index is 1.53. The quantitative estimate of drug-likeness (QED) is 0.354. The lowest BCUT2D eigenvalue weighted by Crippen LogP contribution is -2.13. The summed E-state index contributed by atoms with van der Waals surface area (Å²) in [4.78, 5) is 24.4. The molecule has 34 heavy (non-hydrogen) atoms. The molecule has 9 nitrogen and oxygen atoms in total. The third kappa shape index (κ3) is 4.65. The van der Waals surface area contributed by atoms with Gasteiger partial charge >= 0.3 is 5.97 Å². The Kier molecular flexibility index (Phi) is 6.64. The Morgan fingerprint density at radius 1 is 1.29 bits per heavy atom. The van der Waals surface area contributed by atoms with Crippen molar-refractivity contribution in [1.82, 2.24) is 19.5 Å². The fraction of sp³-hybridized carbons (Fsp3) is 0.304. The normalized spacial score (nSPS) is 11.2. The van der Waals surface area contributed by atoms with Crippen molar-refractivity contribution < 1.29 is 23.8 Å². The van der Waals surface area contributed by atoms with E-state index in [1.165, 1.54) is 12.4 Å². The standard InChI is InChI=1S/C23H24FN5O4S/c1-12(2)33-21-20(23(30)31)34-22(28-21)16-10-18(27-11-26-16)25-7-8-29-13(3)9-14-17(32-4)6-5-15(24)19(14)29/h5-6,9-12H,7-8H2,1-4H3,(H,30,31)(H,25,26,27). The van der Waals surface area contributed by atoms with Crippen molar-refractivity contribution in [2.45, 2.75) is 33.4 Å². The third-order valence-corrected chi connectivity index (χ3v) is 6.11. The summed E-state index contributed by atoms with van der Waals surface area (Å²) in [7, 11) is 1.56. The molecule has 3 heterocycles. The van der Waals surface area contributed by atoms with Crippen LogP contribution in [-0.2, 0) is 6.54 Å². The molecule has 3 aromatic heterocycles. The molecule has 0 saturated heterocycles.